The van der Waals surface area contributed by atoms with Crippen LogP contribution in [-0.2, 0) is 11.3 Å². The van der Waals surface area contributed by atoms with Gasteiger partial charge < -0.3 is 4.74 Å². The van der Waals surface area contributed by atoms with Gasteiger partial charge in [-0.3, -0.25) is 4.90 Å². The van der Waals surface area contributed by atoms with Crippen LogP contribution >= 0.6 is 0 Å². The van der Waals surface area contributed by atoms with Crippen LogP contribution in [0.25, 0.3) is 0 Å². The molecule has 1 aliphatic rings. The smallest absolute Gasteiger partial charge is 0.0941 e. The van der Waals surface area contributed by atoms with E-state index >= 15 is 0 Å². The third-order valence-corrected chi connectivity index (χ3v) is 2.76. The van der Waals surface area contributed by atoms with E-state index < -0.39 is 0 Å². The lowest BCUT2D eigenvalue weighted by Crippen LogP contribution is -2.28. The summed E-state index contributed by atoms with van der Waals surface area (Å²) in [6.07, 6.45) is 3.20. The fourth-order valence-electron chi connectivity index (χ4n) is 1.86. The van der Waals surface area contributed by atoms with Gasteiger partial charge in [0.15, 0.2) is 0 Å². The fourth-order valence-corrected chi connectivity index (χ4v) is 1.86. The first-order valence-corrected chi connectivity index (χ1v) is 5.38. The predicted molar refractivity (Wildman–Crippen MR) is 61.4 cm³/mol. The van der Waals surface area contributed by atoms with Crippen molar-refractivity contribution >= 4 is 0 Å². The van der Waals surface area contributed by atoms with Gasteiger partial charge in [0.2, 0.25) is 0 Å². The van der Waals surface area contributed by atoms with E-state index in [1.54, 1.807) is 7.11 Å². The van der Waals surface area contributed by atoms with Crippen molar-refractivity contribution in [3.63, 3.8) is 0 Å². The molecule has 0 aliphatic carbocycles. The average molecular weight is 203 g/mol. The van der Waals surface area contributed by atoms with E-state index in [0.29, 0.717) is 0 Å². The van der Waals surface area contributed by atoms with E-state index in [0.717, 1.165) is 31.8 Å². The quantitative estimate of drug-likeness (QED) is 0.748. The van der Waals surface area contributed by atoms with Crippen LogP contribution in [0.4, 0.5) is 0 Å². The van der Waals surface area contributed by atoms with Crippen LogP contribution in [0.15, 0.2) is 42.2 Å². The van der Waals surface area contributed by atoms with E-state index in [4.69, 9.17) is 4.74 Å². The highest BCUT2D eigenvalue weighted by Gasteiger charge is 2.11. The summed E-state index contributed by atoms with van der Waals surface area (Å²) in [5.41, 5.74) is 1.38. The average Bonchev–Trinajstić information content (AvgIpc) is 2.31. The largest absolute Gasteiger partial charge is 0.501 e. The van der Waals surface area contributed by atoms with Gasteiger partial charge in [-0.1, -0.05) is 30.3 Å². The fraction of sp³-hybridized carbons (Fsp3) is 0.385. The van der Waals surface area contributed by atoms with Crippen molar-refractivity contribution in [2.45, 2.75) is 13.0 Å². The first-order valence-electron chi connectivity index (χ1n) is 5.38. The molecule has 0 bridgehead atoms. The molecule has 2 nitrogen and oxygen atoms in total. The van der Waals surface area contributed by atoms with Crippen LogP contribution in [0.1, 0.15) is 12.0 Å². The first kappa shape index (κ1) is 10.2. The Kier molecular flexibility index (Phi) is 3.41. The first-order chi connectivity index (χ1) is 7.38. The van der Waals surface area contributed by atoms with Gasteiger partial charge in [-0.05, 0) is 11.6 Å². The Balaban J connectivity index is 1.90. The zero-order chi connectivity index (χ0) is 10.5. The SMILES string of the molecule is COC1=CCN(Cc2ccccc2)CC1. The number of nitrogens with zero attached hydrogens (tertiary/aromatic N) is 1. The second kappa shape index (κ2) is 4.99. The van der Waals surface area contributed by atoms with Gasteiger partial charge in [-0.15, -0.1) is 0 Å². The predicted octanol–water partition coefficient (Wildman–Crippen LogP) is 2.42. The molecule has 0 N–H and O–H groups in total. The second-order valence-electron chi connectivity index (χ2n) is 3.85. The molecule has 80 valence electrons. The van der Waals surface area contributed by atoms with Gasteiger partial charge >= 0.3 is 0 Å². The molecule has 2 heteroatoms. The van der Waals surface area contributed by atoms with Crippen molar-refractivity contribution in [3.8, 4) is 0 Å². The molecule has 0 amide bonds. The van der Waals surface area contributed by atoms with Gasteiger partial charge in [0.05, 0.1) is 12.9 Å². The molecule has 1 aromatic carbocycles. The minimum absolute atomic E-state index is 0.998. The highest BCUT2D eigenvalue weighted by molar-refractivity contribution is 5.15. The van der Waals surface area contributed by atoms with Gasteiger partial charge in [-0.25, -0.2) is 0 Å². The summed E-state index contributed by atoms with van der Waals surface area (Å²) in [7, 11) is 1.75. The zero-order valence-electron chi connectivity index (χ0n) is 9.15. The Morgan fingerprint density at radius 3 is 2.67 bits per heavy atom. The maximum atomic E-state index is 5.22. The van der Waals surface area contributed by atoms with Crippen LogP contribution in [0.3, 0.4) is 0 Å². The summed E-state index contributed by atoms with van der Waals surface area (Å²) in [4.78, 5) is 2.43. The monoisotopic (exact) mass is 203 g/mol. The summed E-state index contributed by atoms with van der Waals surface area (Å²) in [5, 5.41) is 0. The minimum Gasteiger partial charge on any atom is -0.501 e. The molecule has 0 saturated heterocycles. The molecule has 1 aliphatic heterocycles. The van der Waals surface area contributed by atoms with Gasteiger partial charge in [-0.2, -0.15) is 0 Å². The summed E-state index contributed by atoms with van der Waals surface area (Å²) in [6, 6.07) is 10.6. The molecule has 15 heavy (non-hydrogen) atoms. The molecule has 0 unspecified atom stereocenters. The van der Waals surface area contributed by atoms with E-state index in [1.165, 1.54) is 5.56 Å². The van der Waals surface area contributed by atoms with Gasteiger partial charge in [0.1, 0.15) is 0 Å². The van der Waals surface area contributed by atoms with Crippen LogP contribution in [0, 0.1) is 0 Å². The lowest BCUT2D eigenvalue weighted by molar-refractivity contribution is 0.214. The summed E-state index contributed by atoms with van der Waals surface area (Å²) < 4.78 is 5.22. The van der Waals surface area contributed by atoms with Crippen LogP contribution in [0.5, 0.6) is 0 Å². The highest BCUT2D eigenvalue weighted by atomic mass is 16.5. The highest BCUT2D eigenvalue weighted by Crippen LogP contribution is 2.13. The Labute approximate surface area is 91.2 Å². The lowest BCUT2D eigenvalue weighted by atomic mass is 10.1. The maximum absolute atomic E-state index is 5.22. The summed E-state index contributed by atoms with van der Waals surface area (Å²) in [6.45, 7) is 3.13. The third kappa shape index (κ3) is 2.83. The Hall–Kier alpha value is -1.28. The van der Waals surface area contributed by atoms with E-state index in [1.807, 2.05) is 0 Å². The molecule has 0 saturated carbocycles. The Bertz CT molecular complexity index is 332. The van der Waals surface area contributed by atoms with Crippen LogP contribution in [0.2, 0.25) is 0 Å². The minimum atomic E-state index is 0.998. The van der Waals surface area contributed by atoms with Crippen LogP contribution in [-0.4, -0.2) is 25.1 Å². The van der Waals surface area contributed by atoms with Crippen molar-refractivity contribution in [2.24, 2.45) is 0 Å². The number of methoxy groups -OCH3 is 1. The van der Waals surface area contributed by atoms with E-state index in [2.05, 4.69) is 41.3 Å². The van der Waals surface area contributed by atoms with Crippen molar-refractivity contribution < 1.29 is 4.74 Å². The zero-order valence-corrected chi connectivity index (χ0v) is 9.15. The molecule has 2 rings (SSSR count). The molecule has 1 heterocycles. The molecule has 0 radical (unpaired) electrons. The topological polar surface area (TPSA) is 12.5 Å². The standard InChI is InChI=1S/C13H17NO/c1-15-13-7-9-14(10-8-13)11-12-5-3-2-4-6-12/h2-7H,8-11H2,1H3. The number of benzene rings is 1. The number of ether oxygens (including phenoxy) is 1. The number of rotatable bonds is 3. The van der Waals surface area contributed by atoms with Crippen molar-refractivity contribution in [3.05, 3.63) is 47.7 Å². The molecule has 1 aromatic rings. The van der Waals surface area contributed by atoms with Crippen molar-refractivity contribution in [1.29, 1.82) is 0 Å². The molecule has 0 atom stereocenters. The second-order valence-corrected chi connectivity index (χ2v) is 3.85. The molecular formula is C13H17NO. The molecular weight excluding hydrogens is 186 g/mol. The van der Waals surface area contributed by atoms with Crippen LogP contribution < -0.4 is 0 Å². The lowest BCUT2D eigenvalue weighted by Gasteiger charge is -2.25. The number of hydrogen-bond donors (Lipinski definition) is 0. The molecule has 0 fully saturated rings. The summed E-state index contributed by atoms with van der Waals surface area (Å²) >= 11 is 0. The Morgan fingerprint density at radius 1 is 1.27 bits per heavy atom. The van der Waals surface area contributed by atoms with E-state index in [-0.39, 0.29) is 0 Å². The van der Waals surface area contributed by atoms with Gasteiger partial charge in [0.25, 0.3) is 0 Å². The Morgan fingerprint density at radius 2 is 2.07 bits per heavy atom. The maximum Gasteiger partial charge on any atom is 0.0941 e. The van der Waals surface area contributed by atoms with Crippen molar-refractivity contribution in [1.82, 2.24) is 4.90 Å². The normalized spacial score (nSPS) is 17.3. The van der Waals surface area contributed by atoms with Crippen molar-refractivity contribution in [2.75, 3.05) is 20.2 Å². The number of hydrogen-bond acceptors (Lipinski definition) is 2. The molecule has 0 spiro atoms. The van der Waals surface area contributed by atoms with Gasteiger partial charge in [0, 0.05) is 26.1 Å². The summed E-state index contributed by atoms with van der Waals surface area (Å²) in [5.74, 6) is 1.12. The third-order valence-electron chi connectivity index (χ3n) is 2.76. The molecule has 0 aromatic heterocycles. The van der Waals surface area contributed by atoms with E-state index in [9.17, 15) is 0 Å².